The highest BCUT2D eigenvalue weighted by Crippen LogP contribution is 2.11. The van der Waals surface area contributed by atoms with Crippen LogP contribution in [0.5, 0.6) is 0 Å². The summed E-state index contributed by atoms with van der Waals surface area (Å²) in [5, 5.41) is 3.46. The molecule has 0 bridgehead atoms. The van der Waals surface area contributed by atoms with Gasteiger partial charge < -0.3 is 14.6 Å². The molecule has 1 unspecified atom stereocenters. The maximum absolute atomic E-state index is 5.37. The molecule has 1 atom stereocenters. The second-order valence-electron chi connectivity index (χ2n) is 5.07. The Morgan fingerprint density at radius 1 is 1.25 bits per heavy atom. The van der Waals surface area contributed by atoms with Gasteiger partial charge in [-0.1, -0.05) is 6.07 Å². The van der Waals surface area contributed by atoms with Crippen LogP contribution in [0, 0.1) is 0 Å². The van der Waals surface area contributed by atoms with Crippen LogP contribution in [0.4, 0.5) is 0 Å². The molecule has 0 saturated heterocycles. The number of hydrogen-bond acceptors (Lipinski definition) is 4. The maximum Gasteiger partial charge on any atom is 0.120 e. The van der Waals surface area contributed by atoms with E-state index in [1.807, 2.05) is 30.5 Å². The normalized spacial score (nSPS) is 12.8. The number of furan rings is 1. The Bertz CT molecular complexity index is 470. The predicted molar refractivity (Wildman–Crippen MR) is 80.6 cm³/mol. The highest BCUT2D eigenvalue weighted by molar-refractivity contribution is 5.04. The summed E-state index contributed by atoms with van der Waals surface area (Å²) in [7, 11) is 2.14. The van der Waals surface area contributed by atoms with Gasteiger partial charge in [-0.25, -0.2) is 0 Å². The van der Waals surface area contributed by atoms with Gasteiger partial charge in [-0.05, 0) is 38.2 Å². The van der Waals surface area contributed by atoms with Crippen LogP contribution in [-0.2, 0) is 6.42 Å². The van der Waals surface area contributed by atoms with Crippen LogP contribution in [0.2, 0.25) is 0 Å². The number of rotatable bonds is 8. The Balaban J connectivity index is 1.62. The van der Waals surface area contributed by atoms with Crippen molar-refractivity contribution in [3.05, 3.63) is 54.2 Å². The van der Waals surface area contributed by atoms with E-state index in [1.54, 1.807) is 6.26 Å². The van der Waals surface area contributed by atoms with E-state index in [9.17, 15) is 0 Å². The number of aromatic nitrogens is 1. The molecule has 0 saturated carbocycles. The van der Waals surface area contributed by atoms with E-state index >= 15 is 0 Å². The Kier molecular flexibility index (Phi) is 5.77. The van der Waals surface area contributed by atoms with Crippen LogP contribution < -0.4 is 5.32 Å². The minimum absolute atomic E-state index is 0.259. The van der Waals surface area contributed by atoms with E-state index in [2.05, 4.69) is 35.2 Å². The largest absolute Gasteiger partial charge is 0.468 e. The van der Waals surface area contributed by atoms with Gasteiger partial charge in [-0.3, -0.25) is 4.98 Å². The standard InChI is InChI=1S/C16H23N3O/c1-14(16-7-5-13-20-16)17-10-12-19(2)11-8-15-6-3-4-9-18-15/h3-7,9,13-14,17H,8,10-12H2,1-2H3. The summed E-state index contributed by atoms with van der Waals surface area (Å²) >= 11 is 0. The number of nitrogens with one attached hydrogen (secondary N) is 1. The first kappa shape index (κ1) is 14.8. The number of hydrogen-bond donors (Lipinski definition) is 1. The quantitative estimate of drug-likeness (QED) is 0.802. The zero-order valence-electron chi connectivity index (χ0n) is 12.2. The van der Waals surface area contributed by atoms with Crippen LogP contribution in [0.1, 0.15) is 24.4 Å². The average Bonchev–Trinajstić information content (AvgIpc) is 3.00. The first-order valence-electron chi connectivity index (χ1n) is 7.11. The van der Waals surface area contributed by atoms with Gasteiger partial charge in [0.2, 0.25) is 0 Å². The van der Waals surface area contributed by atoms with Crippen LogP contribution in [-0.4, -0.2) is 36.6 Å². The summed E-state index contributed by atoms with van der Waals surface area (Å²) < 4.78 is 5.37. The van der Waals surface area contributed by atoms with E-state index in [0.717, 1.165) is 37.5 Å². The average molecular weight is 273 g/mol. The Morgan fingerprint density at radius 2 is 2.15 bits per heavy atom. The fraction of sp³-hybridized carbons (Fsp3) is 0.438. The lowest BCUT2D eigenvalue weighted by molar-refractivity contribution is 0.322. The summed E-state index contributed by atoms with van der Waals surface area (Å²) in [6, 6.07) is 10.2. The third-order valence-corrected chi connectivity index (χ3v) is 3.39. The molecule has 0 aliphatic rings. The molecule has 0 aromatic carbocycles. The van der Waals surface area contributed by atoms with E-state index < -0.39 is 0 Å². The SMILES string of the molecule is CC(NCCN(C)CCc1ccccn1)c1ccco1. The van der Waals surface area contributed by atoms with Crippen molar-refractivity contribution in [1.82, 2.24) is 15.2 Å². The Hall–Kier alpha value is -1.65. The lowest BCUT2D eigenvalue weighted by Crippen LogP contribution is -2.31. The number of nitrogens with zero attached hydrogens (tertiary/aromatic N) is 2. The smallest absolute Gasteiger partial charge is 0.120 e. The van der Waals surface area contributed by atoms with Crippen molar-refractivity contribution in [3.8, 4) is 0 Å². The van der Waals surface area contributed by atoms with Crippen molar-refractivity contribution in [2.45, 2.75) is 19.4 Å². The summed E-state index contributed by atoms with van der Waals surface area (Å²) in [4.78, 5) is 6.65. The van der Waals surface area contributed by atoms with Crippen molar-refractivity contribution >= 4 is 0 Å². The highest BCUT2D eigenvalue weighted by atomic mass is 16.3. The molecule has 20 heavy (non-hydrogen) atoms. The van der Waals surface area contributed by atoms with Crippen LogP contribution in [0.3, 0.4) is 0 Å². The van der Waals surface area contributed by atoms with Gasteiger partial charge in [0.25, 0.3) is 0 Å². The monoisotopic (exact) mass is 273 g/mol. The van der Waals surface area contributed by atoms with Crippen LogP contribution in [0.25, 0.3) is 0 Å². The Morgan fingerprint density at radius 3 is 2.85 bits per heavy atom. The second-order valence-corrected chi connectivity index (χ2v) is 5.07. The van der Waals surface area contributed by atoms with Gasteiger partial charge in [0.05, 0.1) is 12.3 Å². The fourth-order valence-electron chi connectivity index (χ4n) is 2.07. The highest BCUT2D eigenvalue weighted by Gasteiger charge is 2.07. The molecule has 1 N–H and O–H groups in total. The molecule has 0 fully saturated rings. The second kappa shape index (κ2) is 7.82. The van der Waals surface area contributed by atoms with Crippen molar-refractivity contribution in [1.29, 1.82) is 0 Å². The first-order chi connectivity index (χ1) is 9.75. The lowest BCUT2D eigenvalue weighted by Gasteiger charge is -2.18. The third kappa shape index (κ3) is 4.79. The van der Waals surface area contributed by atoms with E-state index in [1.165, 1.54) is 0 Å². The molecule has 0 radical (unpaired) electrons. The van der Waals surface area contributed by atoms with Crippen LogP contribution in [0.15, 0.2) is 47.2 Å². The molecule has 0 spiro atoms. The van der Waals surface area contributed by atoms with Gasteiger partial charge >= 0.3 is 0 Å². The van der Waals surface area contributed by atoms with Gasteiger partial charge in [-0.15, -0.1) is 0 Å². The molecule has 108 valence electrons. The summed E-state index contributed by atoms with van der Waals surface area (Å²) in [5.74, 6) is 0.987. The summed E-state index contributed by atoms with van der Waals surface area (Å²) in [6.07, 6.45) is 4.56. The molecule has 4 heteroatoms. The molecule has 2 heterocycles. The molecule has 2 aromatic heterocycles. The van der Waals surface area contributed by atoms with Crippen LogP contribution >= 0.6 is 0 Å². The molecule has 2 rings (SSSR count). The number of pyridine rings is 1. The van der Waals surface area contributed by atoms with E-state index in [4.69, 9.17) is 4.42 Å². The summed E-state index contributed by atoms with van der Waals surface area (Å²) in [5.41, 5.74) is 1.15. The predicted octanol–water partition coefficient (Wildman–Crippen LogP) is 2.50. The van der Waals surface area contributed by atoms with Gasteiger partial charge in [0, 0.05) is 37.9 Å². The maximum atomic E-state index is 5.37. The Labute approximate surface area is 120 Å². The van der Waals surface area contributed by atoms with Gasteiger partial charge in [0.1, 0.15) is 5.76 Å². The number of likely N-dealkylation sites (N-methyl/N-ethyl adjacent to an activating group) is 1. The van der Waals surface area contributed by atoms with Crippen molar-refractivity contribution in [2.24, 2.45) is 0 Å². The van der Waals surface area contributed by atoms with E-state index in [0.29, 0.717) is 0 Å². The molecule has 0 aliphatic carbocycles. The molecular weight excluding hydrogens is 250 g/mol. The fourth-order valence-corrected chi connectivity index (χ4v) is 2.07. The van der Waals surface area contributed by atoms with E-state index in [-0.39, 0.29) is 6.04 Å². The molecule has 0 aliphatic heterocycles. The minimum Gasteiger partial charge on any atom is -0.468 e. The minimum atomic E-state index is 0.259. The lowest BCUT2D eigenvalue weighted by atomic mass is 10.2. The van der Waals surface area contributed by atoms with Gasteiger partial charge in [-0.2, -0.15) is 0 Å². The molecule has 2 aromatic rings. The first-order valence-corrected chi connectivity index (χ1v) is 7.11. The zero-order chi connectivity index (χ0) is 14.2. The van der Waals surface area contributed by atoms with Crippen molar-refractivity contribution < 1.29 is 4.42 Å². The molecular formula is C16H23N3O. The third-order valence-electron chi connectivity index (χ3n) is 3.39. The van der Waals surface area contributed by atoms with Gasteiger partial charge in [0.15, 0.2) is 0 Å². The zero-order valence-corrected chi connectivity index (χ0v) is 12.2. The topological polar surface area (TPSA) is 41.3 Å². The van der Waals surface area contributed by atoms with Crippen molar-refractivity contribution in [3.63, 3.8) is 0 Å². The van der Waals surface area contributed by atoms with Crippen molar-refractivity contribution in [2.75, 3.05) is 26.7 Å². The summed E-state index contributed by atoms with van der Waals surface area (Å²) in [6.45, 7) is 5.10. The molecule has 0 amide bonds. The molecule has 4 nitrogen and oxygen atoms in total.